The maximum atomic E-state index is 12.4. The molecular weight excluding hydrogens is 360 g/mol. The highest BCUT2D eigenvalue weighted by Crippen LogP contribution is 2.24. The molecule has 3 rings (SSSR count). The Hall–Kier alpha value is -2.80. The Morgan fingerprint density at radius 3 is 2.52 bits per heavy atom. The average Bonchev–Trinajstić information content (AvgIpc) is 3.03. The van der Waals surface area contributed by atoms with Crippen molar-refractivity contribution in [3.63, 3.8) is 0 Å². The topological polar surface area (TPSA) is 69.0 Å². The number of benzene rings is 2. The van der Waals surface area contributed by atoms with E-state index in [1.807, 2.05) is 67.8 Å². The van der Waals surface area contributed by atoms with Crippen LogP contribution in [-0.2, 0) is 4.79 Å². The quantitative estimate of drug-likeness (QED) is 0.654. The second-order valence-electron chi connectivity index (χ2n) is 6.22. The van der Waals surface area contributed by atoms with Gasteiger partial charge in [-0.15, -0.1) is 10.2 Å². The predicted molar refractivity (Wildman–Crippen MR) is 108 cm³/mol. The molecule has 1 heterocycles. The number of aromatic nitrogens is 3. The van der Waals surface area contributed by atoms with Gasteiger partial charge in [-0.25, -0.2) is 0 Å². The van der Waals surface area contributed by atoms with Crippen LogP contribution in [0.25, 0.3) is 5.69 Å². The minimum atomic E-state index is -0.0751. The van der Waals surface area contributed by atoms with Crippen molar-refractivity contribution < 1.29 is 9.53 Å². The first-order valence-electron chi connectivity index (χ1n) is 8.54. The Bertz CT molecular complexity index is 951. The fourth-order valence-corrected chi connectivity index (χ4v) is 3.53. The van der Waals surface area contributed by atoms with Crippen LogP contribution in [0.1, 0.15) is 17.0 Å². The molecule has 1 aromatic heterocycles. The van der Waals surface area contributed by atoms with Gasteiger partial charge in [0.15, 0.2) is 5.16 Å². The van der Waals surface area contributed by atoms with Gasteiger partial charge in [-0.05, 0) is 56.7 Å². The zero-order valence-electron chi connectivity index (χ0n) is 15.8. The molecule has 0 fully saturated rings. The van der Waals surface area contributed by atoms with Crippen LogP contribution >= 0.6 is 11.8 Å². The zero-order chi connectivity index (χ0) is 19.4. The Balaban J connectivity index is 1.70. The Labute approximate surface area is 163 Å². The minimum absolute atomic E-state index is 0.0751. The van der Waals surface area contributed by atoms with Gasteiger partial charge in [-0.2, -0.15) is 0 Å². The van der Waals surface area contributed by atoms with E-state index >= 15 is 0 Å². The lowest BCUT2D eigenvalue weighted by Gasteiger charge is -2.10. The summed E-state index contributed by atoms with van der Waals surface area (Å²) in [5.41, 5.74) is 3.98. The Morgan fingerprint density at radius 2 is 1.85 bits per heavy atom. The van der Waals surface area contributed by atoms with Crippen molar-refractivity contribution in [1.82, 2.24) is 14.8 Å². The molecule has 0 aliphatic carbocycles. The van der Waals surface area contributed by atoms with Gasteiger partial charge in [0, 0.05) is 11.4 Å². The zero-order valence-corrected chi connectivity index (χ0v) is 16.6. The molecule has 0 atom stereocenters. The van der Waals surface area contributed by atoms with Crippen molar-refractivity contribution in [3.8, 4) is 11.4 Å². The maximum Gasteiger partial charge on any atom is 0.234 e. The summed E-state index contributed by atoms with van der Waals surface area (Å²) in [5, 5.41) is 12.0. The smallest absolute Gasteiger partial charge is 0.234 e. The van der Waals surface area contributed by atoms with Crippen LogP contribution in [0.15, 0.2) is 47.6 Å². The summed E-state index contributed by atoms with van der Waals surface area (Å²) in [4.78, 5) is 12.4. The number of methoxy groups -OCH3 is 1. The van der Waals surface area contributed by atoms with E-state index in [1.165, 1.54) is 17.3 Å². The maximum absolute atomic E-state index is 12.4. The lowest BCUT2D eigenvalue weighted by Crippen LogP contribution is -2.15. The molecule has 27 heavy (non-hydrogen) atoms. The summed E-state index contributed by atoms with van der Waals surface area (Å²) in [6.45, 7) is 5.90. The fraction of sp³-hybridized carbons (Fsp3) is 0.250. The first kappa shape index (κ1) is 19.0. The molecular formula is C20H22N4O2S. The summed E-state index contributed by atoms with van der Waals surface area (Å²) in [5.74, 6) is 1.72. The van der Waals surface area contributed by atoms with Gasteiger partial charge in [-0.3, -0.25) is 9.36 Å². The van der Waals surface area contributed by atoms with E-state index in [0.717, 1.165) is 28.5 Å². The number of aryl methyl sites for hydroxylation is 3. The molecule has 1 amide bonds. The van der Waals surface area contributed by atoms with E-state index < -0.39 is 0 Å². The number of amides is 1. The van der Waals surface area contributed by atoms with Crippen molar-refractivity contribution in [2.45, 2.75) is 25.9 Å². The largest absolute Gasteiger partial charge is 0.497 e. The number of anilines is 1. The van der Waals surface area contributed by atoms with Crippen molar-refractivity contribution >= 4 is 23.4 Å². The summed E-state index contributed by atoms with van der Waals surface area (Å²) in [6.07, 6.45) is 0. The van der Waals surface area contributed by atoms with Gasteiger partial charge in [0.05, 0.1) is 12.9 Å². The normalized spacial score (nSPS) is 10.7. The number of nitrogens with one attached hydrogen (secondary N) is 1. The van der Waals surface area contributed by atoms with Crippen LogP contribution in [-0.4, -0.2) is 33.5 Å². The lowest BCUT2D eigenvalue weighted by atomic mass is 10.1. The second kappa shape index (κ2) is 8.26. The molecule has 0 saturated heterocycles. The van der Waals surface area contributed by atoms with Gasteiger partial charge in [0.2, 0.25) is 5.91 Å². The average molecular weight is 382 g/mol. The third-order valence-electron chi connectivity index (χ3n) is 4.11. The third-order valence-corrected chi connectivity index (χ3v) is 5.04. The van der Waals surface area contributed by atoms with Crippen molar-refractivity contribution in [3.05, 3.63) is 59.4 Å². The number of nitrogens with zero attached hydrogens (tertiary/aromatic N) is 3. The summed E-state index contributed by atoms with van der Waals surface area (Å²) in [6, 6.07) is 13.6. The number of hydrogen-bond donors (Lipinski definition) is 1. The summed E-state index contributed by atoms with van der Waals surface area (Å²) >= 11 is 1.36. The highest BCUT2D eigenvalue weighted by atomic mass is 32.2. The summed E-state index contributed by atoms with van der Waals surface area (Å²) < 4.78 is 7.13. The molecule has 3 aromatic rings. The van der Waals surface area contributed by atoms with E-state index in [2.05, 4.69) is 15.5 Å². The van der Waals surface area contributed by atoms with E-state index in [4.69, 9.17) is 4.74 Å². The Morgan fingerprint density at radius 1 is 1.11 bits per heavy atom. The fourth-order valence-electron chi connectivity index (χ4n) is 2.74. The van der Waals surface area contributed by atoms with E-state index in [-0.39, 0.29) is 11.7 Å². The van der Waals surface area contributed by atoms with Gasteiger partial charge in [0.25, 0.3) is 0 Å². The van der Waals surface area contributed by atoms with Gasteiger partial charge in [0.1, 0.15) is 11.6 Å². The molecule has 7 heteroatoms. The highest BCUT2D eigenvalue weighted by Gasteiger charge is 2.14. The van der Waals surface area contributed by atoms with Crippen molar-refractivity contribution in [2.24, 2.45) is 0 Å². The molecule has 0 spiro atoms. The predicted octanol–water partition coefficient (Wildman–Crippen LogP) is 3.93. The van der Waals surface area contributed by atoms with E-state index in [9.17, 15) is 4.79 Å². The molecule has 0 aliphatic rings. The Kier molecular flexibility index (Phi) is 5.81. The van der Waals surface area contributed by atoms with Crippen LogP contribution in [0.5, 0.6) is 5.75 Å². The second-order valence-corrected chi connectivity index (χ2v) is 7.16. The molecule has 0 unspecified atom stereocenters. The van der Waals surface area contributed by atoms with Crippen LogP contribution in [0, 0.1) is 20.8 Å². The number of carbonyl (C=O) groups is 1. The van der Waals surface area contributed by atoms with Crippen LogP contribution in [0.2, 0.25) is 0 Å². The molecule has 0 bridgehead atoms. The molecule has 0 aliphatic heterocycles. The number of hydrogen-bond acceptors (Lipinski definition) is 5. The third kappa shape index (κ3) is 4.49. The molecule has 6 nitrogen and oxygen atoms in total. The number of carbonyl (C=O) groups excluding carboxylic acids is 1. The SMILES string of the molecule is COc1ccc(-n2c(C)nnc2SCC(=O)Nc2ccc(C)cc2C)cc1. The number of thioether (sulfide) groups is 1. The number of ether oxygens (including phenoxy) is 1. The van der Waals surface area contributed by atoms with E-state index in [1.54, 1.807) is 7.11 Å². The lowest BCUT2D eigenvalue weighted by molar-refractivity contribution is -0.113. The molecule has 0 saturated carbocycles. The standard InChI is InChI=1S/C20H22N4O2S/c1-13-5-10-18(14(2)11-13)21-19(25)12-27-20-23-22-15(3)24(20)16-6-8-17(26-4)9-7-16/h5-11H,12H2,1-4H3,(H,21,25). The van der Waals surface area contributed by atoms with Crippen molar-refractivity contribution in [1.29, 1.82) is 0 Å². The summed E-state index contributed by atoms with van der Waals surface area (Å²) in [7, 11) is 1.63. The highest BCUT2D eigenvalue weighted by molar-refractivity contribution is 7.99. The molecule has 1 N–H and O–H groups in total. The monoisotopic (exact) mass is 382 g/mol. The van der Waals surface area contributed by atoms with Gasteiger partial charge < -0.3 is 10.1 Å². The number of rotatable bonds is 6. The first-order chi connectivity index (χ1) is 13.0. The molecule has 140 valence electrons. The van der Waals surface area contributed by atoms with Crippen LogP contribution in [0.3, 0.4) is 0 Å². The van der Waals surface area contributed by atoms with Crippen LogP contribution in [0.4, 0.5) is 5.69 Å². The molecule has 0 radical (unpaired) electrons. The van der Waals surface area contributed by atoms with Crippen molar-refractivity contribution in [2.75, 3.05) is 18.2 Å². The van der Waals surface area contributed by atoms with Crippen LogP contribution < -0.4 is 10.1 Å². The molecule has 2 aromatic carbocycles. The van der Waals surface area contributed by atoms with Gasteiger partial charge >= 0.3 is 0 Å². The first-order valence-corrected chi connectivity index (χ1v) is 9.53. The minimum Gasteiger partial charge on any atom is -0.497 e. The van der Waals surface area contributed by atoms with E-state index in [0.29, 0.717) is 5.16 Å². The van der Waals surface area contributed by atoms with Gasteiger partial charge in [-0.1, -0.05) is 29.5 Å².